The van der Waals surface area contributed by atoms with Gasteiger partial charge in [-0.3, -0.25) is 0 Å². The van der Waals surface area contributed by atoms with Crippen molar-refractivity contribution in [3.05, 3.63) is 12.2 Å². The van der Waals surface area contributed by atoms with Crippen molar-refractivity contribution in [2.45, 2.75) is 34.1 Å². The fraction of sp³-hybridized carbons (Fsp3) is 0.846. The van der Waals surface area contributed by atoms with Crippen LogP contribution in [-0.4, -0.2) is 0 Å². The first-order valence-electron chi connectivity index (χ1n) is 5.79. The van der Waals surface area contributed by atoms with Gasteiger partial charge in [0.1, 0.15) is 0 Å². The van der Waals surface area contributed by atoms with Crippen LogP contribution in [0.4, 0.5) is 0 Å². The SMILES string of the molecule is CC(C)[C@H]1C2C=CC(C2)[C@@H]1C(C)C. The molecule has 74 valence electrons. The molecule has 0 saturated heterocycles. The van der Waals surface area contributed by atoms with Crippen molar-refractivity contribution in [1.82, 2.24) is 0 Å². The molecule has 2 unspecified atom stereocenters. The van der Waals surface area contributed by atoms with Gasteiger partial charge >= 0.3 is 0 Å². The summed E-state index contributed by atoms with van der Waals surface area (Å²) in [5, 5.41) is 0. The molecule has 0 radical (unpaired) electrons. The summed E-state index contributed by atoms with van der Waals surface area (Å²) in [6.45, 7) is 9.59. The first-order valence-corrected chi connectivity index (χ1v) is 5.79. The van der Waals surface area contributed by atoms with E-state index in [0.717, 1.165) is 35.5 Å². The summed E-state index contributed by atoms with van der Waals surface area (Å²) in [4.78, 5) is 0. The normalized spacial score (nSPS) is 42.6. The molecule has 0 aromatic carbocycles. The van der Waals surface area contributed by atoms with Crippen molar-refractivity contribution >= 4 is 0 Å². The van der Waals surface area contributed by atoms with Crippen LogP contribution in [0.2, 0.25) is 0 Å². The van der Waals surface area contributed by atoms with E-state index < -0.39 is 0 Å². The molecule has 0 spiro atoms. The fourth-order valence-electron chi connectivity index (χ4n) is 3.78. The van der Waals surface area contributed by atoms with Crippen LogP contribution in [0.3, 0.4) is 0 Å². The number of rotatable bonds is 2. The lowest BCUT2D eigenvalue weighted by Crippen LogP contribution is -2.28. The van der Waals surface area contributed by atoms with Gasteiger partial charge in [-0.2, -0.15) is 0 Å². The van der Waals surface area contributed by atoms with Gasteiger partial charge in [-0.15, -0.1) is 0 Å². The average molecular weight is 178 g/mol. The van der Waals surface area contributed by atoms with E-state index in [4.69, 9.17) is 0 Å². The summed E-state index contributed by atoms with van der Waals surface area (Å²) in [5.74, 6) is 5.50. The molecule has 2 bridgehead atoms. The molecule has 1 saturated carbocycles. The Morgan fingerprint density at radius 3 is 1.54 bits per heavy atom. The molecule has 13 heavy (non-hydrogen) atoms. The molecule has 0 nitrogen and oxygen atoms in total. The highest BCUT2D eigenvalue weighted by Crippen LogP contribution is 2.53. The zero-order valence-electron chi connectivity index (χ0n) is 9.33. The second-order valence-electron chi connectivity index (χ2n) is 5.59. The second-order valence-corrected chi connectivity index (χ2v) is 5.59. The number of hydrogen-bond acceptors (Lipinski definition) is 0. The van der Waals surface area contributed by atoms with Gasteiger partial charge in [-0.1, -0.05) is 39.8 Å². The number of fused-ring (bicyclic) bond motifs is 2. The number of allylic oxidation sites excluding steroid dienone is 2. The minimum Gasteiger partial charge on any atom is -0.0848 e. The lowest BCUT2D eigenvalue weighted by Gasteiger charge is -2.33. The zero-order chi connectivity index (χ0) is 9.59. The predicted molar refractivity (Wildman–Crippen MR) is 57.4 cm³/mol. The highest BCUT2D eigenvalue weighted by atomic mass is 14.5. The molecule has 0 aromatic rings. The van der Waals surface area contributed by atoms with Gasteiger partial charge in [-0.05, 0) is 41.9 Å². The van der Waals surface area contributed by atoms with Crippen LogP contribution < -0.4 is 0 Å². The largest absolute Gasteiger partial charge is 0.0848 e. The van der Waals surface area contributed by atoms with Crippen LogP contribution >= 0.6 is 0 Å². The summed E-state index contributed by atoms with van der Waals surface area (Å²) in [6.07, 6.45) is 6.41. The molecule has 4 atom stereocenters. The predicted octanol–water partition coefficient (Wildman–Crippen LogP) is 3.74. The molecule has 0 heterocycles. The Morgan fingerprint density at radius 1 is 0.846 bits per heavy atom. The van der Waals surface area contributed by atoms with Crippen molar-refractivity contribution in [1.29, 1.82) is 0 Å². The van der Waals surface area contributed by atoms with E-state index in [1.807, 2.05) is 0 Å². The van der Waals surface area contributed by atoms with E-state index in [-0.39, 0.29) is 0 Å². The van der Waals surface area contributed by atoms with E-state index in [1.54, 1.807) is 0 Å². The van der Waals surface area contributed by atoms with Gasteiger partial charge < -0.3 is 0 Å². The van der Waals surface area contributed by atoms with Gasteiger partial charge in [0.25, 0.3) is 0 Å². The summed E-state index contributed by atoms with van der Waals surface area (Å²) in [5.41, 5.74) is 0. The summed E-state index contributed by atoms with van der Waals surface area (Å²) in [6, 6.07) is 0. The maximum atomic E-state index is 2.48. The van der Waals surface area contributed by atoms with Crippen LogP contribution in [0.25, 0.3) is 0 Å². The molecular weight excluding hydrogens is 156 g/mol. The number of hydrogen-bond donors (Lipinski definition) is 0. The van der Waals surface area contributed by atoms with Crippen LogP contribution in [-0.2, 0) is 0 Å². The second kappa shape index (κ2) is 3.15. The molecule has 2 aliphatic carbocycles. The van der Waals surface area contributed by atoms with E-state index >= 15 is 0 Å². The van der Waals surface area contributed by atoms with Crippen molar-refractivity contribution in [2.24, 2.45) is 35.5 Å². The summed E-state index contributed by atoms with van der Waals surface area (Å²) in [7, 11) is 0. The summed E-state index contributed by atoms with van der Waals surface area (Å²) < 4.78 is 0. The Bertz CT molecular complexity index is 190. The van der Waals surface area contributed by atoms with Crippen molar-refractivity contribution in [3.8, 4) is 0 Å². The molecule has 2 aliphatic rings. The van der Waals surface area contributed by atoms with E-state index in [2.05, 4.69) is 39.8 Å². The van der Waals surface area contributed by atoms with Gasteiger partial charge in [-0.25, -0.2) is 0 Å². The third-order valence-electron chi connectivity index (χ3n) is 4.12. The lowest BCUT2D eigenvalue weighted by molar-refractivity contribution is 0.182. The monoisotopic (exact) mass is 178 g/mol. The van der Waals surface area contributed by atoms with Crippen LogP contribution in [0.5, 0.6) is 0 Å². The van der Waals surface area contributed by atoms with Gasteiger partial charge in [0.05, 0.1) is 0 Å². The molecule has 2 rings (SSSR count). The molecular formula is C13H22. The maximum Gasteiger partial charge on any atom is -0.0194 e. The molecule has 0 heteroatoms. The Balaban J connectivity index is 2.20. The Labute approximate surface area is 82.4 Å². The van der Waals surface area contributed by atoms with Gasteiger partial charge in [0.15, 0.2) is 0 Å². The Hall–Kier alpha value is -0.260. The van der Waals surface area contributed by atoms with Gasteiger partial charge in [0.2, 0.25) is 0 Å². The average Bonchev–Trinajstić information content (AvgIpc) is 2.60. The quantitative estimate of drug-likeness (QED) is 0.565. The minimum absolute atomic E-state index is 0.868. The third-order valence-corrected chi connectivity index (χ3v) is 4.12. The fourth-order valence-corrected chi connectivity index (χ4v) is 3.78. The standard InChI is InChI=1S/C13H22/c1-8(2)12-10-5-6-11(7-10)13(12)9(3)4/h5-6,8-13H,7H2,1-4H3/t10?,11?,12-,13-/m0/s1. The molecule has 1 fully saturated rings. The lowest BCUT2D eigenvalue weighted by atomic mass is 9.71. The smallest absolute Gasteiger partial charge is 0.0194 e. The van der Waals surface area contributed by atoms with Crippen molar-refractivity contribution in [3.63, 3.8) is 0 Å². The van der Waals surface area contributed by atoms with Crippen LogP contribution in [0, 0.1) is 35.5 Å². The zero-order valence-corrected chi connectivity index (χ0v) is 9.33. The van der Waals surface area contributed by atoms with E-state index in [1.165, 1.54) is 6.42 Å². The third kappa shape index (κ3) is 1.35. The van der Waals surface area contributed by atoms with Crippen LogP contribution in [0.15, 0.2) is 12.2 Å². The molecule has 0 amide bonds. The van der Waals surface area contributed by atoms with Gasteiger partial charge in [0, 0.05) is 0 Å². The van der Waals surface area contributed by atoms with E-state index in [0.29, 0.717) is 0 Å². The highest BCUT2D eigenvalue weighted by Gasteiger charge is 2.46. The maximum absolute atomic E-state index is 2.48. The molecule has 0 aromatic heterocycles. The summed E-state index contributed by atoms with van der Waals surface area (Å²) >= 11 is 0. The first kappa shape index (κ1) is 9.30. The minimum atomic E-state index is 0.868. The Kier molecular flexibility index (Phi) is 2.25. The van der Waals surface area contributed by atoms with E-state index in [9.17, 15) is 0 Å². The molecule has 0 aliphatic heterocycles. The topological polar surface area (TPSA) is 0 Å². The first-order chi connectivity index (χ1) is 6.11. The Morgan fingerprint density at radius 2 is 1.23 bits per heavy atom. The van der Waals surface area contributed by atoms with Crippen LogP contribution in [0.1, 0.15) is 34.1 Å². The highest BCUT2D eigenvalue weighted by molar-refractivity contribution is 5.14. The van der Waals surface area contributed by atoms with Crippen molar-refractivity contribution in [2.75, 3.05) is 0 Å². The van der Waals surface area contributed by atoms with Crippen molar-refractivity contribution < 1.29 is 0 Å². The molecule has 0 N–H and O–H groups in total.